The van der Waals surface area contributed by atoms with Gasteiger partial charge in [0.1, 0.15) is 5.78 Å². The number of carbonyl (C=O) groups excluding carboxylic acids is 1. The van der Waals surface area contributed by atoms with Crippen molar-refractivity contribution in [1.29, 1.82) is 0 Å². The highest BCUT2D eigenvalue weighted by molar-refractivity contribution is 8.01. The van der Waals surface area contributed by atoms with Gasteiger partial charge in [-0.05, 0) is 60.4 Å². The molecular formula is C24H23N5OS2. The largest absolute Gasteiger partial charge is 0.333 e. The number of imidazole rings is 1. The third-order valence-electron chi connectivity index (χ3n) is 6.31. The number of aryl methyl sites for hydroxylation is 1. The zero-order chi connectivity index (χ0) is 22.0. The molecule has 162 valence electrons. The van der Waals surface area contributed by atoms with Gasteiger partial charge >= 0.3 is 0 Å². The second-order valence-electron chi connectivity index (χ2n) is 9.54. The Balaban J connectivity index is 1.34. The molecule has 2 atom stereocenters. The van der Waals surface area contributed by atoms with Gasteiger partial charge in [0.05, 0.1) is 27.4 Å². The normalized spacial score (nSPS) is 22.0. The average molecular weight is 462 g/mol. The highest BCUT2D eigenvalue weighted by Crippen LogP contribution is 2.50. The van der Waals surface area contributed by atoms with Crippen molar-refractivity contribution in [1.82, 2.24) is 20.2 Å². The predicted octanol–water partition coefficient (Wildman–Crippen LogP) is 6.03. The molecule has 1 fully saturated rings. The zero-order valence-electron chi connectivity index (χ0n) is 18.1. The van der Waals surface area contributed by atoms with Crippen LogP contribution in [0.15, 0.2) is 50.9 Å². The lowest BCUT2D eigenvalue weighted by Gasteiger charge is -2.39. The number of aromatic amines is 2. The Hall–Kier alpha value is -2.71. The molecule has 6 nitrogen and oxygen atoms in total. The number of Topliss-reactive ketones (excluding diaryl/α,β-unsaturated/α-hetero) is 1. The van der Waals surface area contributed by atoms with E-state index in [-0.39, 0.29) is 23.0 Å². The van der Waals surface area contributed by atoms with Crippen molar-refractivity contribution < 1.29 is 4.79 Å². The van der Waals surface area contributed by atoms with Crippen LogP contribution in [-0.4, -0.2) is 31.7 Å². The molecule has 8 heteroatoms. The first-order chi connectivity index (χ1) is 15.4. The van der Waals surface area contributed by atoms with E-state index in [1.54, 1.807) is 23.1 Å². The van der Waals surface area contributed by atoms with Gasteiger partial charge in [-0.15, -0.1) is 11.3 Å². The molecule has 1 saturated carbocycles. The molecule has 0 bridgehead atoms. The average Bonchev–Trinajstić information content (AvgIpc) is 3.44. The number of aromatic nitrogens is 4. The van der Waals surface area contributed by atoms with Crippen molar-refractivity contribution in [2.45, 2.75) is 48.9 Å². The van der Waals surface area contributed by atoms with Crippen LogP contribution in [0.1, 0.15) is 48.6 Å². The van der Waals surface area contributed by atoms with Gasteiger partial charge in [0.15, 0.2) is 11.0 Å². The number of fused-ring (bicyclic) bond motifs is 3. The van der Waals surface area contributed by atoms with Crippen molar-refractivity contribution in [2.75, 3.05) is 0 Å². The molecule has 6 rings (SSSR count). The van der Waals surface area contributed by atoms with Gasteiger partial charge in [-0.3, -0.25) is 9.89 Å². The molecule has 0 spiro atoms. The fraction of sp³-hybridized carbons (Fsp3) is 0.333. The fourth-order valence-corrected chi connectivity index (χ4v) is 7.18. The van der Waals surface area contributed by atoms with Crippen LogP contribution in [0.3, 0.4) is 0 Å². The summed E-state index contributed by atoms with van der Waals surface area (Å²) in [7, 11) is 0. The summed E-state index contributed by atoms with van der Waals surface area (Å²) in [4.78, 5) is 27.4. The lowest BCUT2D eigenvalue weighted by atomic mass is 9.65. The standard InChI is InChI=1S/C24H23N5OS2/c1-12-4-5-14-15(8-12)28-23(27-14)32-19-7-6-18(31-19)20-13-11-25-29-22(13)26-16-9-24(2,3)10-17(30)21(16)20/h4-8,11,20-21H,9-10H2,1-3H3,(H,25,29)(H,27,28). The summed E-state index contributed by atoms with van der Waals surface area (Å²) < 4.78 is 1.15. The number of ketones is 1. The van der Waals surface area contributed by atoms with Crippen LogP contribution in [0.2, 0.25) is 0 Å². The Morgan fingerprint density at radius 2 is 2.03 bits per heavy atom. The first-order valence-electron chi connectivity index (χ1n) is 10.7. The third kappa shape index (κ3) is 3.33. The van der Waals surface area contributed by atoms with E-state index >= 15 is 0 Å². The number of carbonyl (C=O) groups is 1. The number of benzene rings is 1. The molecule has 0 amide bonds. The van der Waals surface area contributed by atoms with E-state index in [4.69, 9.17) is 9.98 Å². The first kappa shape index (κ1) is 19.9. The highest BCUT2D eigenvalue weighted by Gasteiger charge is 2.46. The van der Waals surface area contributed by atoms with Crippen LogP contribution >= 0.6 is 23.1 Å². The monoisotopic (exact) mass is 461 g/mol. The zero-order valence-corrected chi connectivity index (χ0v) is 19.7. The number of thiophene rings is 1. The summed E-state index contributed by atoms with van der Waals surface area (Å²) in [6, 6.07) is 10.5. The molecule has 2 aliphatic rings. The minimum atomic E-state index is -0.196. The van der Waals surface area contributed by atoms with Gasteiger partial charge in [0, 0.05) is 28.5 Å². The van der Waals surface area contributed by atoms with Gasteiger partial charge in [-0.25, -0.2) is 9.98 Å². The van der Waals surface area contributed by atoms with Gasteiger partial charge in [-0.1, -0.05) is 19.9 Å². The topological polar surface area (TPSA) is 86.8 Å². The maximum Gasteiger partial charge on any atom is 0.172 e. The van der Waals surface area contributed by atoms with Crippen LogP contribution in [0.4, 0.5) is 5.82 Å². The van der Waals surface area contributed by atoms with Crippen molar-refractivity contribution in [3.05, 3.63) is 52.5 Å². The van der Waals surface area contributed by atoms with Gasteiger partial charge in [0.25, 0.3) is 0 Å². The maximum atomic E-state index is 13.3. The lowest BCUT2D eigenvalue weighted by molar-refractivity contribution is -0.124. The fourth-order valence-electron chi connectivity index (χ4n) is 4.96. The molecule has 1 aromatic carbocycles. The summed E-state index contributed by atoms with van der Waals surface area (Å²) in [5.74, 6) is 0.852. The van der Waals surface area contributed by atoms with Crippen LogP contribution in [0, 0.1) is 18.3 Å². The van der Waals surface area contributed by atoms with Crippen molar-refractivity contribution in [2.24, 2.45) is 16.3 Å². The van der Waals surface area contributed by atoms with E-state index in [1.165, 1.54) is 10.4 Å². The third-order valence-corrected chi connectivity index (χ3v) is 8.50. The van der Waals surface area contributed by atoms with Crippen molar-refractivity contribution in [3.63, 3.8) is 0 Å². The van der Waals surface area contributed by atoms with E-state index in [0.29, 0.717) is 6.42 Å². The molecule has 3 aromatic heterocycles. The summed E-state index contributed by atoms with van der Waals surface area (Å²) >= 11 is 3.36. The van der Waals surface area contributed by atoms with Crippen LogP contribution in [-0.2, 0) is 4.79 Å². The van der Waals surface area contributed by atoms with Crippen LogP contribution in [0.5, 0.6) is 0 Å². The molecule has 0 radical (unpaired) electrons. The SMILES string of the molecule is Cc1ccc2nc(Sc3ccc(C4c5cn[nH]c5N=C5CC(C)(C)CC(=O)C54)s3)[nH]c2c1. The summed E-state index contributed by atoms with van der Waals surface area (Å²) in [6.07, 6.45) is 3.26. The minimum absolute atomic E-state index is 0.0301. The Morgan fingerprint density at radius 1 is 1.16 bits per heavy atom. The maximum absolute atomic E-state index is 13.3. The smallest absolute Gasteiger partial charge is 0.172 e. The number of rotatable bonds is 3. The number of hydrogen-bond acceptors (Lipinski definition) is 6. The van der Waals surface area contributed by atoms with E-state index in [2.05, 4.69) is 60.2 Å². The summed E-state index contributed by atoms with van der Waals surface area (Å²) in [5.41, 5.74) is 5.19. The molecule has 4 heterocycles. The first-order valence-corrected chi connectivity index (χ1v) is 12.4. The lowest BCUT2D eigenvalue weighted by Crippen LogP contribution is -2.42. The molecule has 32 heavy (non-hydrogen) atoms. The van der Waals surface area contributed by atoms with E-state index in [9.17, 15) is 4.79 Å². The molecule has 0 saturated heterocycles. The van der Waals surface area contributed by atoms with Crippen molar-refractivity contribution in [3.8, 4) is 0 Å². The van der Waals surface area contributed by atoms with E-state index in [1.807, 2.05) is 12.3 Å². The minimum Gasteiger partial charge on any atom is -0.333 e. The van der Waals surface area contributed by atoms with Gasteiger partial charge in [-0.2, -0.15) is 5.10 Å². The van der Waals surface area contributed by atoms with Gasteiger partial charge < -0.3 is 4.98 Å². The molecule has 2 unspecified atom stereocenters. The van der Waals surface area contributed by atoms with E-state index < -0.39 is 0 Å². The van der Waals surface area contributed by atoms with Crippen LogP contribution in [0.25, 0.3) is 11.0 Å². The molecule has 2 N–H and O–H groups in total. The molecule has 4 aromatic rings. The van der Waals surface area contributed by atoms with Gasteiger partial charge in [0.2, 0.25) is 0 Å². The summed E-state index contributed by atoms with van der Waals surface area (Å²) in [6.45, 7) is 6.38. The second kappa shape index (κ2) is 7.15. The second-order valence-corrected chi connectivity index (χ2v) is 11.9. The number of nitrogens with zero attached hydrogens (tertiary/aromatic N) is 3. The number of nitrogens with one attached hydrogen (secondary N) is 2. The van der Waals surface area contributed by atoms with Crippen molar-refractivity contribution >= 4 is 51.4 Å². The number of aliphatic imine (C=N–C) groups is 1. The van der Waals surface area contributed by atoms with Crippen LogP contribution < -0.4 is 0 Å². The Bertz CT molecular complexity index is 1390. The highest BCUT2D eigenvalue weighted by atomic mass is 32.2. The quantitative estimate of drug-likeness (QED) is 0.390. The summed E-state index contributed by atoms with van der Waals surface area (Å²) in [5, 5.41) is 8.16. The Labute approximate surface area is 194 Å². The molecule has 1 aliphatic carbocycles. The Kier molecular flexibility index (Phi) is 4.45. The molecular weight excluding hydrogens is 438 g/mol. The predicted molar refractivity (Wildman–Crippen MR) is 128 cm³/mol. The Morgan fingerprint density at radius 3 is 2.91 bits per heavy atom. The molecule has 1 aliphatic heterocycles. The number of hydrogen-bond donors (Lipinski definition) is 2. The number of H-pyrrole nitrogens is 2. The van der Waals surface area contributed by atoms with E-state index in [0.717, 1.165) is 43.9 Å².